The number of carbonyl (C=O) groups is 3. The van der Waals surface area contributed by atoms with Crippen molar-refractivity contribution in [3.8, 4) is 0 Å². The first-order valence-electron chi connectivity index (χ1n) is 7.84. The highest BCUT2D eigenvalue weighted by Crippen LogP contribution is 2.44. The molecule has 2 amide bonds. The first-order valence-corrected chi connectivity index (χ1v) is 9.07. The van der Waals surface area contributed by atoms with E-state index in [4.69, 9.17) is 12.2 Å². The van der Waals surface area contributed by atoms with E-state index in [1.807, 2.05) is 31.2 Å². The van der Waals surface area contributed by atoms with Crippen molar-refractivity contribution >= 4 is 57.3 Å². The van der Waals surface area contributed by atoms with Crippen LogP contribution in [0.5, 0.6) is 0 Å². The lowest BCUT2D eigenvalue weighted by Gasteiger charge is -2.15. The van der Waals surface area contributed by atoms with E-state index in [2.05, 4.69) is 0 Å². The fourth-order valence-corrected chi connectivity index (χ4v) is 4.27. The minimum atomic E-state index is -1.25. The van der Waals surface area contributed by atoms with Gasteiger partial charge in [0.05, 0.1) is 16.2 Å². The second kappa shape index (κ2) is 6.97. The van der Waals surface area contributed by atoms with E-state index in [9.17, 15) is 19.5 Å². The van der Waals surface area contributed by atoms with Gasteiger partial charge in [0.15, 0.2) is 0 Å². The summed E-state index contributed by atoms with van der Waals surface area (Å²) >= 11 is 6.24. The van der Waals surface area contributed by atoms with Gasteiger partial charge in [-0.25, -0.2) is 0 Å². The number of para-hydroxylation sites is 1. The molecule has 0 N–H and O–H groups in total. The number of thioether (sulfide) groups is 1. The Labute approximate surface area is 154 Å². The van der Waals surface area contributed by atoms with Gasteiger partial charge in [0.25, 0.3) is 11.8 Å². The van der Waals surface area contributed by atoms with Crippen LogP contribution in [-0.2, 0) is 14.4 Å². The highest BCUT2D eigenvalue weighted by atomic mass is 32.2. The second-order valence-corrected chi connectivity index (χ2v) is 7.27. The van der Waals surface area contributed by atoms with Crippen molar-refractivity contribution in [3.63, 3.8) is 0 Å². The van der Waals surface area contributed by atoms with E-state index >= 15 is 0 Å². The van der Waals surface area contributed by atoms with Crippen LogP contribution in [0.4, 0.5) is 5.69 Å². The van der Waals surface area contributed by atoms with E-state index in [1.54, 1.807) is 4.90 Å². The Balaban J connectivity index is 2.02. The molecule has 1 fully saturated rings. The predicted molar refractivity (Wildman–Crippen MR) is 97.5 cm³/mol. The SMILES string of the molecule is CCCN1C(=O)/C(=C2/SC(=S)N(CCC(=O)[O-])C2=O)c2ccccc21. The summed E-state index contributed by atoms with van der Waals surface area (Å²) in [6, 6.07) is 7.33. The minimum absolute atomic E-state index is 0.0573. The molecule has 0 aromatic heterocycles. The number of nitrogens with zero attached hydrogens (tertiary/aromatic N) is 2. The molecule has 2 heterocycles. The summed E-state index contributed by atoms with van der Waals surface area (Å²) in [4.78, 5) is 39.4. The van der Waals surface area contributed by atoms with E-state index in [1.165, 1.54) is 4.90 Å². The number of amides is 2. The summed E-state index contributed by atoms with van der Waals surface area (Å²) in [6.07, 6.45) is 0.488. The van der Waals surface area contributed by atoms with Crippen LogP contribution in [0.3, 0.4) is 0 Å². The fourth-order valence-electron chi connectivity index (χ4n) is 2.89. The average molecular weight is 375 g/mol. The van der Waals surface area contributed by atoms with Gasteiger partial charge in [-0.05, 0) is 12.5 Å². The summed E-state index contributed by atoms with van der Waals surface area (Å²) in [7, 11) is 0. The lowest BCUT2D eigenvalue weighted by atomic mass is 10.1. The zero-order valence-corrected chi connectivity index (χ0v) is 15.1. The third kappa shape index (κ3) is 3.07. The Morgan fingerprint density at radius 1 is 1.16 bits per heavy atom. The van der Waals surface area contributed by atoms with Gasteiger partial charge < -0.3 is 14.8 Å². The zero-order valence-electron chi connectivity index (χ0n) is 13.5. The van der Waals surface area contributed by atoms with Gasteiger partial charge in [0.1, 0.15) is 4.32 Å². The number of rotatable bonds is 5. The summed E-state index contributed by atoms with van der Waals surface area (Å²) < 4.78 is 0.257. The number of thiocarbonyl (C=S) groups is 1. The van der Waals surface area contributed by atoms with Crippen LogP contribution >= 0.6 is 24.0 Å². The van der Waals surface area contributed by atoms with Gasteiger partial charge in [-0.15, -0.1) is 0 Å². The average Bonchev–Trinajstić information content (AvgIpc) is 3.00. The molecule has 0 aliphatic carbocycles. The van der Waals surface area contributed by atoms with Crippen LogP contribution in [0.15, 0.2) is 29.2 Å². The van der Waals surface area contributed by atoms with Crippen LogP contribution in [0.25, 0.3) is 5.57 Å². The van der Waals surface area contributed by atoms with E-state index in [0.717, 1.165) is 23.9 Å². The lowest BCUT2D eigenvalue weighted by Crippen LogP contribution is -2.34. The summed E-state index contributed by atoms with van der Waals surface area (Å²) in [6.45, 7) is 2.48. The third-order valence-electron chi connectivity index (χ3n) is 3.99. The molecule has 2 aliphatic rings. The summed E-state index contributed by atoms with van der Waals surface area (Å²) in [5, 5.41) is 10.7. The molecular formula is C17H15N2O4S2-. The maximum Gasteiger partial charge on any atom is 0.267 e. The predicted octanol–water partition coefficient (Wildman–Crippen LogP) is 1.15. The molecule has 25 heavy (non-hydrogen) atoms. The maximum atomic E-state index is 12.9. The number of hydrogen-bond donors (Lipinski definition) is 0. The monoisotopic (exact) mass is 375 g/mol. The van der Waals surface area contributed by atoms with Crippen LogP contribution in [0.2, 0.25) is 0 Å². The largest absolute Gasteiger partial charge is 0.550 e. The molecule has 1 aromatic carbocycles. The smallest absolute Gasteiger partial charge is 0.267 e. The Morgan fingerprint density at radius 2 is 1.88 bits per heavy atom. The zero-order chi connectivity index (χ0) is 18.1. The standard InChI is InChI=1S/C17H16N2O4S2/c1-2-8-18-11-6-4-3-5-10(11)13(15(18)22)14-16(23)19(17(24)25-14)9-7-12(20)21/h3-6H,2,7-9H2,1H3,(H,20,21)/p-1/b14-13+. The van der Waals surface area contributed by atoms with Crippen molar-refractivity contribution in [2.45, 2.75) is 19.8 Å². The first kappa shape index (κ1) is 17.6. The number of hydrogen-bond acceptors (Lipinski definition) is 6. The van der Waals surface area contributed by atoms with Crippen molar-refractivity contribution in [1.82, 2.24) is 4.90 Å². The van der Waals surface area contributed by atoms with Gasteiger partial charge in [0.2, 0.25) is 0 Å². The highest BCUT2D eigenvalue weighted by molar-refractivity contribution is 8.26. The number of aliphatic carboxylic acids is 1. The first-order chi connectivity index (χ1) is 12.0. The number of carbonyl (C=O) groups excluding carboxylic acids is 3. The topological polar surface area (TPSA) is 80.8 Å². The fraction of sp³-hybridized carbons (Fsp3) is 0.294. The quantitative estimate of drug-likeness (QED) is 0.567. The van der Waals surface area contributed by atoms with Crippen LogP contribution < -0.4 is 10.0 Å². The number of carboxylic acid groups (broad SMARTS) is 1. The van der Waals surface area contributed by atoms with Crippen molar-refractivity contribution in [2.75, 3.05) is 18.0 Å². The van der Waals surface area contributed by atoms with Gasteiger partial charge in [-0.1, -0.05) is 49.1 Å². The highest BCUT2D eigenvalue weighted by Gasteiger charge is 2.41. The van der Waals surface area contributed by atoms with E-state index in [0.29, 0.717) is 17.7 Å². The lowest BCUT2D eigenvalue weighted by molar-refractivity contribution is -0.305. The molecule has 1 aromatic rings. The van der Waals surface area contributed by atoms with Crippen molar-refractivity contribution < 1.29 is 19.5 Å². The maximum absolute atomic E-state index is 12.9. The Hall–Kier alpha value is -2.19. The summed E-state index contributed by atoms with van der Waals surface area (Å²) in [5.41, 5.74) is 1.84. The van der Waals surface area contributed by atoms with Crippen LogP contribution in [-0.4, -0.2) is 40.1 Å². The van der Waals surface area contributed by atoms with Crippen molar-refractivity contribution in [1.29, 1.82) is 0 Å². The molecule has 0 saturated carbocycles. The number of benzene rings is 1. The molecule has 130 valence electrons. The molecule has 6 nitrogen and oxygen atoms in total. The molecule has 2 aliphatic heterocycles. The molecule has 0 unspecified atom stereocenters. The molecular weight excluding hydrogens is 360 g/mol. The molecule has 0 spiro atoms. The van der Waals surface area contributed by atoms with Crippen LogP contribution in [0.1, 0.15) is 25.3 Å². The van der Waals surface area contributed by atoms with Crippen molar-refractivity contribution in [2.24, 2.45) is 0 Å². The van der Waals surface area contributed by atoms with Gasteiger partial charge in [0, 0.05) is 31.0 Å². The second-order valence-electron chi connectivity index (χ2n) is 5.62. The van der Waals surface area contributed by atoms with Gasteiger partial charge in [-0.2, -0.15) is 0 Å². The van der Waals surface area contributed by atoms with E-state index in [-0.39, 0.29) is 28.1 Å². The Bertz CT molecular complexity index is 819. The van der Waals surface area contributed by atoms with Gasteiger partial charge in [-0.3, -0.25) is 14.5 Å². The molecule has 0 bridgehead atoms. The molecule has 0 atom stereocenters. The molecule has 3 rings (SSSR count). The number of carboxylic acids is 1. The number of anilines is 1. The molecule has 0 radical (unpaired) electrons. The Morgan fingerprint density at radius 3 is 2.56 bits per heavy atom. The van der Waals surface area contributed by atoms with Gasteiger partial charge >= 0.3 is 0 Å². The minimum Gasteiger partial charge on any atom is -0.550 e. The summed E-state index contributed by atoms with van der Waals surface area (Å²) in [5.74, 6) is -1.89. The van der Waals surface area contributed by atoms with Crippen LogP contribution in [0, 0.1) is 0 Å². The third-order valence-corrected chi connectivity index (χ3v) is 5.43. The van der Waals surface area contributed by atoms with E-state index < -0.39 is 11.9 Å². The molecule has 1 saturated heterocycles. The Kier molecular flexibility index (Phi) is 4.91. The molecule has 8 heteroatoms. The normalized spacial score (nSPS) is 19.8. The number of fused-ring (bicyclic) bond motifs is 1. The van der Waals surface area contributed by atoms with Crippen molar-refractivity contribution in [3.05, 3.63) is 34.7 Å².